The van der Waals surface area contributed by atoms with Crippen molar-refractivity contribution in [3.05, 3.63) is 52.4 Å². The first-order valence-electron chi connectivity index (χ1n) is 10.9. The topological polar surface area (TPSA) is 103 Å². The lowest BCUT2D eigenvalue weighted by atomic mass is 10.1. The Morgan fingerprint density at radius 2 is 1.61 bits per heavy atom. The van der Waals surface area contributed by atoms with E-state index in [1.54, 1.807) is 32.3 Å². The van der Waals surface area contributed by atoms with E-state index in [9.17, 15) is 18.0 Å². The van der Waals surface area contributed by atoms with Gasteiger partial charge in [-0.15, -0.1) is 0 Å². The van der Waals surface area contributed by atoms with Crippen molar-refractivity contribution in [3.8, 4) is 5.75 Å². The van der Waals surface area contributed by atoms with Crippen molar-refractivity contribution in [1.29, 1.82) is 0 Å². The molecule has 1 aliphatic heterocycles. The fourth-order valence-electron chi connectivity index (χ4n) is 4.24. The van der Waals surface area contributed by atoms with E-state index < -0.39 is 15.9 Å². The average Bonchev–Trinajstić information content (AvgIpc) is 3.03. The van der Waals surface area contributed by atoms with Gasteiger partial charge in [-0.1, -0.05) is 12.8 Å². The number of fused-ring (bicyclic) bond motifs is 1. The van der Waals surface area contributed by atoms with Crippen LogP contribution in [-0.4, -0.2) is 48.0 Å². The van der Waals surface area contributed by atoms with Crippen LogP contribution in [0.4, 0.5) is 5.69 Å². The molecule has 3 aromatic rings. The summed E-state index contributed by atoms with van der Waals surface area (Å²) in [6, 6.07) is 9.50. The molecular weight excluding hydrogens is 444 g/mol. The number of aromatic nitrogens is 2. The SMILES string of the molecule is COc1ccc(S(=O)(=O)N2CCCCCC2)cc1C(=O)Nc1ccc2c(c1)n(C)c(=O)n2C. The molecule has 0 saturated carbocycles. The number of nitrogens with one attached hydrogen (secondary N) is 1. The van der Waals surface area contributed by atoms with E-state index in [-0.39, 0.29) is 21.9 Å². The Balaban J connectivity index is 1.66. The van der Waals surface area contributed by atoms with Crippen LogP contribution in [0.3, 0.4) is 0 Å². The summed E-state index contributed by atoms with van der Waals surface area (Å²) in [6.45, 7) is 0.956. The minimum atomic E-state index is -3.72. The number of carbonyl (C=O) groups is 1. The van der Waals surface area contributed by atoms with Crippen LogP contribution in [0.5, 0.6) is 5.75 Å². The number of hydrogen-bond acceptors (Lipinski definition) is 5. The number of hydrogen-bond donors (Lipinski definition) is 1. The molecule has 1 fully saturated rings. The third-order valence-corrected chi connectivity index (χ3v) is 8.04. The Hall–Kier alpha value is -3.11. The van der Waals surface area contributed by atoms with Crippen LogP contribution in [0.15, 0.2) is 46.1 Å². The summed E-state index contributed by atoms with van der Waals surface area (Å²) in [5.74, 6) is -0.226. The van der Waals surface area contributed by atoms with Gasteiger partial charge in [-0.2, -0.15) is 4.31 Å². The van der Waals surface area contributed by atoms with Crippen LogP contribution in [0.1, 0.15) is 36.0 Å². The molecule has 1 amide bonds. The lowest BCUT2D eigenvalue weighted by Gasteiger charge is -2.20. The second kappa shape index (κ2) is 9.03. The van der Waals surface area contributed by atoms with Crippen molar-refractivity contribution >= 4 is 32.7 Å². The summed E-state index contributed by atoms with van der Waals surface area (Å²) < 4.78 is 36.3. The van der Waals surface area contributed by atoms with Crippen molar-refractivity contribution in [1.82, 2.24) is 13.4 Å². The molecule has 0 aliphatic carbocycles. The predicted molar refractivity (Wildman–Crippen MR) is 126 cm³/mol. The van der Waals surface area contributed by atoms with Gasteiger partial charge in [0.05, 0.1) is 28.6 Å². The molecule has 0 atom stereocenters. The summed E-state index contributed by atoms with van der Waals surface area (Å²) in [7, 11) is 1.06. The third-order valence-electron chi connectivity index (χ3n) is 6.15. The quantitative estimate of drug-likeness (QED) is 0.615. The van der Waals surface area contributed by atoms with Crippen molar-refractivity contribution in [2.24, 2.45) is 14.1 Å². The lowest BCUT2D eigenvalue weighted by Crippen LogP contribution is -2.32. The third kappa shape index (κ3) is 4.28. The van der Waals surface area contributed by atoms with E-state index in [1.807, 2.05) is 0 Å². The number of imidazole rings is 1. The van der Waals surface area contributed by atoms with Crippen molar-refractivity contribution < 1.29 is 17.9 Å². The number of methoxy groups -OCH3 is 1. The van der Waals surface area contributed by atoms with Crippen LogP contribution in [0.25, 0.3) is 11.0 Å². The summed E-state index contributed by atoms with van der Waals surface area (Å²) in [5.41, 5.74) is 1.85. The first kappa shape index (κ1) is 23.1. The van der Waals surface area contributed by atoms with Gasteiger partial charge in [-0.25, -0.2) is 13.2 Å². The summed E-state index contributed by atoms with van der Waals surface area (Å²) in [4.78, 5) is 25.4. The van der Waals surface area contributed by atoms with Crippen molar-refractivity contribution in [2.45, 2.75) is 30.6 Å². The molecule has 10 heteroatoms. The minimum Gasteiger partial charge on any atom is -0.496 e. The molecule has 2 aromatic carbocycles. The maximum absolute atomic E-state index is 13.2. The molecule has 9 nitrogen and oxygen atoms in total. The largest absolute Gasteiger partial charge is 0.496 e. The van der Waals surface area contributed by atoms with Crippen LogP contribution in [0, 0.1) is 0 Å². The molecule has 2 heterocycles. The first-order valence-corrected chi connectivity index (χ1v) is 12.3. The predicted octanol–water partition coefficient (Wildman–Crippen LogP) is 2.70. The summed E-state index contributed by atoms with van der Waals surface area (Å²) in [6.07, 6.45) is 3.68. The number of nitrogens with zero attached hydrogens (tertiary/aromatic N) is 3. The van der Waals surface area contributed by atoms with Gasteiger partial charge in [0.1, 0.15) is 5.75 Å². The molecule has 33 heavy (non-hydrogen) atoms. The Labute approximate surface area is 192 Å². The van der Waals surface area contributed by atoms with Gasteiger partial charge in [0.25, 0.3) is 5.91 Å². The van der Waals surface area contributed by atoms with Gasteiger partial charge < -0.3 is 10.1 Å². The highest BCUT2D eigenvalue weighted by Crippen LogP contribution is 2.27. The Kier molecular flexibility index (Phi) is 6.31. The van der Waals surface area contributed by atoms with Crippen molar-refractivity contribution in [2.75, 3.05) is 25.5 Å². The summed E-state index contributed by atoms with van der Waals surface area (Å²) in [5, 5.41) is 2.80. The Bertz CT molecular complexity index is 1370. The Morgan fingerprint density at radius 3 is 2.27 bits per heavy atom. The van der Waals surface area contributed by atoms with Crippen LogP contribution in [-0.2, 0) is 24.1 Å². The molecule has 1 saturated heterocycles. The molecule has 0 radical (unpaired) electrons. The molecule has 1 N–H and O–H groups in total. The number of amides is 1. The maximum Gasteiger partial charge on any atom is 0.328 e. The van der Waals surface area contributed by atoms with Gasteiger partial charge >= 0.3 is 5.69 Å². The van der Waals surface area contributed by atoms with Gasteiger partial charge in [-0.05, 0) is 49.2 Å². The number of ether oxygens (including phenoxy) is 1. The standard InChI is InChI=1S/C23H28N4O5S/c1-25-19-10-8-16(14-20(19)26(2)23(25)29)24-22(28)18-15-17(9-11-21(18)32-3)33(30,31)27-12-6-4-5-7-13-27/h8-11,14-15H,4-7,12-13H2,1-3H3,(H,24,28). The van der Waals surface area contributed by atoms with E-state index in [4.69, 9.17) is 4.74 Å². The van der Waals surface area contributed by atoms with E-state index in [2.05, 4.69) is 5.32 Å². The van der Waals surface area contributed by atoms with Crippen LogP contribution < -0.4 is 15.7 Å². The number of rotatable bonds is 5. The maximum atomic E-state index is 13.2. The number of anilines is 1. The van der Waals surface area contributed by atoms with Crippen LogP contribution in [0.2, 0.25) is 0 Å². The lowest BCUT2D eigenvalue weighted by molar-refractivity contribution is 0.102. The second-order valence-electron chi connectivity index (χ2n) is 8.24. The fraction of sp³-hybridized carbons (Fsp3) is 0.391. The highest BCUT2D eigenvalue weighted by Gasteiger charge is 2.27. The fourth-order valence-corrected chi connectivity index (χ4v) is 5.78. The zero-order valence-corrected chi connectivity index (χ0v) is 19.8. The Morgan fingerprint density at radius 1 is 0.939 bits per heavy atom. The summed E-state index contributed by atoms with van der Waals surface area (Å²) >= 11 is 0. The zero-order valence-electron chi connectivity index (χ0n) is 19.0. The van der Waals surface area contributed by atoms with Gasteiger partial charge in [-0.3, -0.25) is 13.9 Å². The number of carbonyl (C=O) groups excluding carboxylic acids is 1. The highest BCUT2D eigenvalue weighted by atomic mass is 32.2. The van der Waals surface area contributed by atoms with Crippen molar-refractivity contribution in [3.63, 3.8) is 0 Å². The molecule has 0 spiro atoms. The normalized spacial score (nSPS) is 15.4. The zero-order chi connectivity index (χ0) is 23.8. The number of benzene rings is 2. The average molecular weight is 473 g/mol. The molecule has 4 rings (SSSR count). The molecule has 0 unspecified atom stereocenters. The smallest absolute Gasteiger partial charge is 0.328 e. The monoisotopic (exact) mass is 472 g/mol. The van der Waals surface area contributed by atoms with Gasteiger partial charge in [0.15, 0.2) is 0 Å². The molecule has 176 valence electrons. The highest BCUT2D eigenvalue weighted by molar-refractivity contribution is 7.89. The molecular formula is C23H28N4O5S. The van der Waals surface area contributed by atoms with E-state index in [1.165, 1.54) is 38.7 Å². The second-order valence-corrected chi connectivity index (χ2v) is 10.2. The number of aryl methyl sites for hydroxylation is 2. The van der Waals surface area contributed by atoms with Gasteiger partial charge in [0, 0.05) is 32.9 Å². The molecule has 0 bridgehead atoms. The first-order chi connectivity index (χ1) is 15.7. The van der Waals surface area contributed by atoms with E-state index in [0.29, 0.717) is 24.3 Å². The van der Waals surface area contributed by atoms with Crippen LogP contribution >= 0.6 is 0 Å². The van der Waals surface area contributed by atoms with Gasteiger partial charge in [0.2, 0.25) is 10.0 Å². The van der Waals surface area contributed by atoms with E-state index in [0.717, 1.165) is 31.2 Å². The molecule has 1 aromatic heterocycles. The number of sulfonamides is 1. The molecule has 1 aliphatic rings. The minimum absolute atomic E-state index is 0.0660. The van der Waals surface area contributed by atoms with E-state index >= 15 is 0 Å².